The zero-order chi connectivity index (χ0) is 13.6. The van der Waals surface area contributed by atoms with Crippen LogP contribution in [0.5, 0.6) is 0 Å². The van der Waals surface area contributed by atoms with Gasteiger partial charge in [0.2, 0.25) is 5.91 Å². The first-order valence-corrected chi connectivity index (χ1v) is 8.50. The van der Waals surface area contributed by atoms with Gasteiger partial charge in [0.15, 0.2) is 0 Å². The number of amides is 1. The zero-order valence-corrected chi connectivity index (χ0v) is 13.6. The summed E-state index contributed by atoms with van der Waals surface area (Å²) in [5.41, 5.74) is 1.63. The maximum atomic E-state index is 12.5. The number of piperidine rings is 1. The highest BCUT2D eigenvalue weighted by atomic mass is 35.5. The quantitative estimate of drug-likeness (QED) is 0.879. The van der Waals surface area contributed by atoms with Crippen LogP contribution in [-0.2, 0) is 4.79 Å². The normalized spacial score (nSPS) is 28.6. The molecule has 1 spiro atoms. The van der Waals surface area contributed by atoms with E-state index in [1.807, 2.05) is 11.8 Å². The molecule has 0 aromatic heterocycles. The molecule has 1 saturated heterocycles. The molecule has 2 aliphatic heterocycles. The van der Waals surface area contributed by atoms with Gasteiger partial charge in [-0.05, 0) is 49.4 Å². The van der Waals surface area contributed by atoms with E-state index < -0.39 is 0 Å². The van der Waals surface area contributed by atoms with Gasteiger partial charge in [-0.3, -0.25) is 4.79 Å². The fourth-order valence-corrected chi connectivity index (χ4v) is 4.91. The Bertz CT molecular complexity index is 545. The number of thioether (sulfide) groups is 1. The van der Waals surface area contributed by atoms with Crippen LogP contribution in [0, 0.1) is 11.3 Å². The van der Waals surface area contributed by atoms with E-state index in [2.05, 4.69) is 34.9 Å². The summed E-state index contributed by atoms with van der Waals surface area (Å²) in [6.45, 7) is 2.15. The van der Waals surface area contributed by atoms with E-state index in [1.165, 1.54) is 23.3 Å². The molecule has 0 bridgehead atoms. The van der Waals surface area contributed by atoms with E-state index in [1.54, 1.807) is 0 Å². The predicted molar refractivity (Wildman–Crippen MR) is 87.9 cm³/mol. The van der Waals surface area contributed by atoms with E-state index >= 15 is 0 Å². The van der Waals surface area contributed by atoms with Crippen molar-refractivity contribution in [2.24, 2.45) is 11.3 Å². The van der Waals surface area contributed by atoms with Crippen LogP contribution in [-0.4, -0.2) is 24.7 Å². The molecule has 2 fully saturated rings. The lowest BCUT2D eigenvalue weighted by atomic mass is 9.91. The smallest absolute Gasteiger partial charge is 0.224 e. The highest BCUT2D eigenvalue weighted by Crippen LogP contribution is 2.58. The van der Waals surface area contributed by atoms with E-state index in [-0.39, 0.29) is 30.3 Å². The van der Waals surface area contributed by atoms with Crippen molar-refractivity contribution in [1.82, 2.24) is 10.6 Å². The molecule has 114 valence electrons. The minimum absolute atomic E-state index is 0. The molecule has 2 unspecified atom stereocenters. The average molecular weight is 325 g/mol. The second kappa shape index (κ2) is 5.82. The van der Waals surface area contributed by atoms with Crippen molar-refractivity contribution in [2.45, 2.75) is 30.2 Å². The van der Waals surface area contributed by atoms with Crippen LogP contribution in [0.2, 0.25) is 0 Å². The third kappa shape index (κ3) is 2.69. The van der Waals surface area contributed by atoms with E-state index in [0.717, 1.165) is 25.3 Å². The number of fused-ring (bicyclic) bond motifs is 1. The van der Waals surface area contributed by atoms with Crippen LogP contribution in [0.25, 0.3) is 0 Å². The number of carbonyl (C=O) groups excluding carboxylic acids is 1. The number of nitrogens with one attached hydrogen (secondary N) is 2. The maximum absolute atomic E-state index is 12.5. The number of hydrogen-bond acceptors (Lipinski definition) is 3. The van der Waals surface area contributed by atoms with Gasteiger partial charge >= 0.3 is 0 Å². The summed E-state index contributed by atoms with van der Waals surface area (Å²) in [7, 11) is 0. The molecule has 2 heterocycles. The first-order valence-electron chi connectivity index (χ1n) is 7.51. The predicted octanol–water partition coefficient (Wildman–Crippen LogP) is 2.76. The molecule has 1 aromatic carbocycles. The van der Waals surface area contributed by atoms with Gasteiger partial charge in [0.1, 0.15) is 0 Å². The van der Waals surface area contributed by atoms with Gasteiger partial charge in [-0.2, -0.15) is 0 Å². The summed E-state index contributed by atoms with van der Waals surface area (Å²) >= 11 is 1.85. The minimum atomic E-state index is 0. The third-order valence-corrected chi connectivity index (χ3v) is 6.30. The third-order valence-electron chi connectivity index (χ3n) is 5.12. The van der Waals surface area contributed by atoms with Crippen LogP contribution in [0.3, 0.4) is 0 Å². The molecule has 5 heteroatoms. The molecule has 2 N–H and O–H groups in total. The molecule has 4 rings (SSSR count). The van der Waals surface area contributed by atoms with Gasteiger partial charge in [-0.25, -0.2) is 0 Å². The van der Waals surface area contributed by atoms with Crippen molar-refractivity contribution in [3.63, 3.8) is 0 Å². The monoisotopic (exact) mass is 324 g/mol. The first kappa shape index (κ1) is 15.2. The van der Waals surface area contributed by atoms with Crippen molar-refractivity contribution in [3.8, 4) is 0 Å². The van der Waals surface area contributed by atoms with Gasteiger partial charge in [0.05, 0.1) is 6.04 Å². The number of halogens is 1. The first-order chi connectivity index (χ1) is 9.78. The van der Waals surface area contributed by atoms with Crippen molar-refractivity contribution >= 4 is 30.1 Å². The summed E-state index contributed by atoms with van der Waals surface area (Å²) in [6, 6.07) is 8.64. The molecule has 0 radical (unpaired) electrons. The number of hydrogen-bond donors (Lipinski definition) is 2. The van der Waals surface area contributed by atoms with E-state index in [9.17, 15) is 4.79 Å². The Hall–Kier alpha value is -0.710. The summed E-state index contributed by atoms with van der Waals surface area (Å²) < 4.78 is 0. The second-order valence-corrected chi connectivity index (χ2v) is 7.34. The zero-order valence-electron chi connectivity index (χ0n) is 11.9. The SMILES string of the molecule is Cl.O=C(NC1CSc2ccccc21)C1CC12CCNCC2. The second-order valence-electron chi connectivity index (χ2n) is 6.28. The number of benzene rings is 1. The lowest BCUT2D eigenvalue weighted by molar-refractivity contribution is -0.123. The molecule has 2 atom stereocenters. The molecule has 1 aliphatic carbocycles. The lowest BCUT2D eigenvalue weighted by Gasteiger charge is -2.23. The molecule has 1 saturated carbocycles. The molecule has 1 aromatic rings. The van der Waals surface area contributed by atoms with E-state index in [0.29, 0.717) is 5.41 Å². The molecular formula is C16H21ClN2OS. The maximum Gasteiger partial charge on any atom is 0.224 e. The standard InChI is InChI=1S/C16H20N2OS.ClH/c19-15(12-9-16(12)5-7-17-8-6-16)18-13-10-20-14-4-2-1-3-11(13)14;/h1-4,12-13,17H,5-10H2,(H,18,19);1H. The molecule has 3 aliphatic rings. The Morgan fingerprint density at radius 1 is 1.29 bits per heavy atom. The van der Waals surface area contributed by atoms with Crippen LogP contribution >= 0.6 is 24.2 Å². The van der Waals surface area contributed by atoms with Crippen LogP contribution in [0.15, 0.2) is 29.2 Å². The van der Waals surface area contributed by atoms with Crippen molar-refractivity contribution in [1.29, 1.82) is 0 Å². The van der Waals surface area contributed by atoms with Crippen molar-refractivity contribution in [2.75, 3.05) is 18.8 Å². The van der Waals surface area contributed by atoms with Gasteiger partial charge in [0, 0.05) is 16.6 Å². The number of rotatable bonds is 2. The summed E-state index contributed by atoms with van der Waals surface area (Å²) in [4.78, 5) is 13.8. The van der Waals surface area contributed by atoms with Gasteiger partial charge in [-0.1, -0.05) is 18.2 Å². The average Bonchev–Trinajstić information content (AvgIpc) is 3.02. The Labute approximate surface area is 136 Å². The highest BCUT2D eigenvalue weighted by Gasteiger charge is 2.57. The summed E-state index contributed by atoms with van der Waals surface area (Å²) in [5, 5.41) is 6.68. The molecule has 1 amide bonds. The largest absolute Gasteiger partial charge is 0.348 e. The topological polar surface area (TPSA) is 41.1 Å². The summed E-state index contributed by atoms with van der Waals surface area (Å²) in [5.74, 6) is 1.53. The fraction of sp³-hybridized carbons (Fsp3) is 0.562. The Morgan fingerprint density at radius 2 is 2.05 bits per heavy atom. The summed E-state index contributed by atoms with van der Waals surface area (Å²) in [6.07, 6.45) is 3.43. The Balaban J connectivity index is 0.00000132. The van der Waals surface area contributed by atoms with Crippen LogP contribution in [0.1, 0.15) is 30.9 Å². The van der Waals surface area contributed by atoms with Gasteiger partial charge < -0.3 is 10.6 Å². The minimum Gasteiger partial charge on any atom is -0.348 e. The Kier molecular flexibility index (Phi) is 4.21. The molecule has 21 heavy (non-hydrogen) atoms. The van der Waals surface area contributed by atoms with Crippen LogP contribution in [0.4, 0.5) is 0 Å². The Morgan fingerprint density at radius 3 is 2.86 bits per heavy atom. The van der Waals surface area contributed by atoms with Crippen molar-refractivity contribution in [3.05, 3.63) is 29.8 Å². The highest BCUT2D eigenvalue weighted by molar-refractivity contribution is 7.99. The van der Waals surface area contributed by atoms with Crippen LogP contribution < -0.4 is 10.6 Å². The van der Waals surface area contributed by atoms with Crippen molar-refractivity contribution < 1.29 is 4.79 Å². The van der Waals surface area contributed by atoms with Gasteiger partial charge in [0.25, 0.3) is 0 Å². The van der Waals surface area contributed by atoms with E-state index in [4.69, 9.17) is 0 Å². The number of carbonyl (C=O) groups is 1. The molecule has 3 nitrogen and oxygen atoms in total. The lowest BCUT2D eigenvalue weighted by Crippen LogP contribution is -2.35. The molecular weight excluding hydrogens is 304 g/mol. The fourth-order valence-electron chi connectivity index (χ4n) is 3.75. The van der Waals surface area contributed by atoms with Gasteiger partial charge in [-0.15, -0.1) is 24.2 Å².